The molecule has 4 heteroatoms. The first kappa shape index (κ1) is 6.02. The Bertz CT molecular complexity index is 97.6. The van der Waals surface area contributed by atoms with E-state index in [0.29, 0.717) is 6.41 Å². The summed E-state index contributed by atoms with van der Waals surface area (Å²) in [6.07, 6.45) is 0.508. The molecule has 0 bridgehead atoms. The van der Waals surface area contributed by atoms with Gasteiger partial charge >= 0.3 is 0 Å². The molecule has 0 fully saturated rings. The van der Waals surface area contributed by atoms with Gasteiger partial charge in [-0.25, -0.2) is 0 Å². The lowest BCUT2D eigenvalue weighted by molar-refractivity contribution is -0.109. The highest BCUT2D eigenvalue weighted by Gasteiger charge is 1.90. The third-order valence-corrected chi connectivity index (χ3v) is 0.512. The van der Waals surface area contributed by atoms with Crippen LogP contribution in [0.1, 0.15) is 0 Å². The quantitative estimate of drug-likeness (QED) is 0.326. The molecule has 1 atom stereocenters. The molecule has 0 aliphatic carbocycles. The SMILES string of the molecule is BC(C#N)NC=O. The Labute approximate surface area is 42.7 Å². The molecule has 0 radical (unpaired) electrons. The normalized spacial score (nSPS) is 11.3. The topological polar surface area (TPSA) is 52.9 Å². The molecule has 0 aromatic heterocycles. The lowest BCUT2D eigenvalue weighted by Crippen LogP contribution is -2.25. The van der Waals surface area contributed by atoms with Crippen molar-refractivity contribution in [3.05, 3.63) is 0 Å². The molecule has 36 valence electrons. The Balaban J connectivity index is 3.21. The van der Waals surface area contributed by atoms with E-state index in [1.807, 2.05) is 6.07 Å². The first-order valence-electron chi connectivity index (χ1n) is 1.90. The number of hydrogen-bond acceptors (Lipinski definition) is 2. The number of carbonyl (C=O) groups is 1. The molecule has 0 spiro atoms. The summed E-state index contributed by atoms with van der Waals surface area (Å²) < 4.78 is 0. The van der Waals surface area contributed by atoms with Crippen molar-refractivity contribution < 1.29 is 4.79 Å². The first-order valence-corrected chi connectivity index (χ1v) is 1.90. The second kappa shape index (κ2) is 3.22. The molecule has 3 nitrogen and oxygen atoms in total. The van der Waals surface area contributed by atoms with Gasteiger partial charge in [-0.1, -0.05) is 0 Å². The number of hydrogen-bond donors (Lipinski definition) is 1. The van der Waals surface area contributed by atoms with Gasteiger partial charge in [-0.15, -0.1) is 0 Å². The maximum atomic E-state index is 9.51. The zero-order valence-corrected chi connectivity index (χ0v) is 4.01. The molecular formula is C3H5BN2O. The van der Waals surface area contributed by atoms with E-state index in [1.165, 1.54) is 0 Å². The van der Waals surface area contributed by atoms with E-state index >= 15 is 0 Å². The predicted octanol–water partition coefficient (Wildman–Crippen LogP) is -1.78. The van der Waals surface area contributed by atoms with Crippen LogP contribution in [0, 0.1) is 11.3 Å². The number of carbonyl (C=O) groups excluding carboxylic acids is 1. The fourth-order valence-electron chi connectivity index (χ4n) is 0.139. The molecule has 0 aliphatic heterocycles. The summed E-state index contributed by atoms with van der Waals surface area (Å²) in [6, 6.07) is 1.82. The average molecular weight is 95.9 g/mol. The fourth-order valence-corrected chi connectivity index (χ4v) is 0.139. The predicted molar refractivity (Wildman–Crippen MR) is 27.1 cm³/mol. The van der Waals surface area contributed by atoms with Gasteiger partial charge in [-0.2, -0.15) is 5.26 Å². The van der Waals surface area contributed by atoms with Crippen LogP contribution in [0.4, 0.5) is 0 Å². The summed E-state index contributed by atoms with van der Waals surface area (Å²) in [5, 5.41) is 10.2. The standard InChI is InChI=1S/C3H5BN2O/c4-3(1-5)6-2-7/h2-3H,4H2,(H,6,7). The van der Waals surface area contributed by atoms with Crippen LogP contribution in [0.25, 0.3) is 0 Å². The zero-order chi connectivity index (χ0) is 5.70. The molecule has 0 aromatic carbocycles. The van der Waals surface area contributed by atoms with Crippen molar-refractivity contribution in [3.63, 3.8) is 0 Å². The van der Waals surface area contributed by atoms with Crippen molar-refractivity contribution in [2.24, 2.45) is 0 Å². The Morgan fingerprint density at radius 3 is 2.71 bits per heavy atom. The highest BCUT2D eigenvalue weighted by Crippen LogP contribution is 1.61. The minimum absolute atomic E-state index is 0.363. The van der Waals surface area contributed by atoms with Gasteiger partial charge in [0.05, 0.1) is 12.0 Å². The van der Waals surface area contributed by atoms with Crippen molar-refractivity contribution >= 4 is 14.3 Å². The number of rotatable bonds is 2. The van der Waals surface area contributed by atoms with Gasteiger partial charge in [0.15, 0.2) is 0 Å². The highest BCUT2D eigenvalue weighted by atomic mass is 16.1. The van der Waals surface area contributed by atoms with Gasteiger partial charge in [0, 0.05) is 0 Å². The van der Waals surface area contributed by atoms with Gasteiger partial charge in [0.2, 0.25) is 6.41 Å². The van der Waals surface area contributed by atoms with Gasteiger partial charge in [-0.05, 0) is 0 Å². The fraction of sp³-hybridized carbons (Fsp3) is 0.333. The minimum Gasteiger partial charge on any atom is -0.351 e. The Hall–Kier alpha value is -0.975. The summed E-state index contributed by atoms with van der Waals surface area (Å²) in [4.78, 5) is 9.51. The van der Waals surface area contributed by atoms with Crippen LogP contribution < -0.4 is 5.32 Å². The van der Waals surface area contributed by atoms with Crippen LogP contribution in [0.15, 0.2) is 0 Å². The molecule has 0 rings (SSSR count). The van der Waals surface area contributed by atoms with E-state index in [9.17, 15) is 4.79 Å². The van der Waals surface area contributed by atoms with Crippen LogP contribution in [0.3, 0.4) is 0 Å². The van der Waals surface area contributed by atoms with Crippen molar-refractivity contribution in [3.8, 4) is 6.07 Å². The monoisotopic (exact) mass is 96.0 g/mol. The maximum Gasteiger partial charge on any atom is 0.207 e. The van der Waals surface area contributed by atoms with Gasteiger partial charge in [-0.3, -0.25) is 4.79 Å². The Kier molecular flexibility index (Phi) is 2.77. The van der Waals surface area contributed by atoms with Crippen molar-refractivity contribution in [2.45, 2.75) is 5.94 Å². The number of nitriles is 1. The zero-order valence-electron chi connectivity index (χ0n) is 4.01. The molecule has 0 aromatic rings. The summed E-state index contributed by atoms with van der Waals surface area (Å²) in [7, 11) is 1.61. The van der Waals surface area contributed by atoms with Crippen LogP contribution >= 0.6 is 0 Å². The molecule has 1 N–H and O–H groups in total. The molecular weight excluding hydrogens is 90.9 g/mol. The molecule has 0 saturated heterocycles. The molecule has 1 unspecified atom stereocenters. The number of nitrogens with one attached hydrogen (secondary N) is 1. The van der Waals surface area contributed by atoms with E-state index in [-0.39, 0.29) is 5.94 Å². The van der Waals surface area contributed by atoms with Crippen molar-refractivity contribution in [1.29, 1.82) is 5.26 Å². The van der Waals surface area contributed by atoms with Gasteiger partial charge < -0.3 is 5.32 Å². The average Bonchev–Trinajstić information content (AvgIpc) is 1.68. The van der Waals surface area contributed by atoms with Crippen LogP contribution in [0.5, 0.6) is 0 Å². The second-order valence-corrected chi connectivity index (χ2v) is 1.14. The minimum atomic E-state index is -0.363. The van der Waals surface area contributed by atoms with E-state index in [1.54, 1.807) is 7.85 Å². The first-order chi connectivity index (χ1) is 3.31. The third-order valence-electron chi connectivity index (χ3n) is 0.512. The number of amides is 1. The van der Waals surface area contributed by atoms with Crippen LogP contribution in [-0.4, -0.2) is 20.2 Å². The molecule has 7 heavy (non-hydrogen) atoms. The van der Waals surface area contributed by atoms with Crippen molar-refractivity contribution in [2.75, 3.05) is 0 Å². The Morgan fingerprint density at radius 1 is 2.00 bits per heavy atom. The van der Waals surface area contributed by atoms with Gasteiger partial charge in [0.25, 0.3) is 0 Å². The summed E-state index contributed by atoms with van der Waals surface area (Å²) >= 11 is 0. The van der Waals surface area contributed by atoms with E-state index < -0.39 is 0 Å². The largest absolute Gasteiger partial charge is 0.351 e. The summed E-state index contributed by atoms with van der Waals surface area (Å²) in [6.45, 7) is 0. The van der Waals surface area contributed by atoms with Crippen LogP contribution in [0.2, 0.25) is 0 Å². The smallest absolute Gasteiger partial charge is 0.207 e. The van der Waals surface area contributed by atoms with Crippen molar-refractivity contribution in [1.82, 2.24) is 5.32 Å². The van der Waals surface area contributed by atoms with Crippen LogP contribution in [-0.2, 0) is 4.79 Å². The molecule has 0 heterocycles. The maximum absolute atomic E-state index is 9.51. The lowest BCUT2D eigenvalue weighted by Gasteiger charge is -1.93. The Morgan fingerprint density at radius 2 is 2.57 bits per heavy atom. The molecule has 1 amide bonds. The molecule has 0 aliphatic rings. The second-order valence-electron chi connectivity index (χ2n) is 1.14. The van der Waals surface area contributed by atoms with E-state index in [4.69, 9.17) is 5.26 Å². The third kappa shape index (κ3) is 2.84. The molecule has 0 saturated carbocycles. The van der Waals surface area contributed by atoms with E-state index in [2.05, 4.69) is 5.32 Å². The highest BCUT2D eigenvalue weighted by molar-refractivity contribution is 6.14. The summed E-state index contributed by atoms with van der Waals surface area (Å²) in [5.74, 6) is -0.363. The number of nitrogens with zero attached hydrogens (tertiary/aromatic N) is 1. The summed E-state index contributed by atoms with van der Waals surface area (Å²) in [5.41, 5.74) is 0. The lowest BCUT2D eigenvalue weighted by atomic mass is 9.99. The van der Waals surface area contributed by atoms with E-state index in [0.717, 1.165) is 0 Å². The van der Waals surface area contributed by atoms with Gasteiger partial charge in [0.1, 0.15) is 7.85 Å².